The summed E-state index contributed by atoms with van der Waals surface area (Å²) < 4.78 is 10.7. The molecule has 1 unspecified atom stereocenters. The van der Waals surface area contributed by atoms with E-state index in [4.69, 9.17) is 14.6 Å². The third-order valence-electron chi connectivity index (χ3n) is 5.48. The molecule has 0 fully saturated rings. The highest BCUT2D eigenvalue weighted by molar-refractivity contribution is 5.79. The number of alkyl carbamates (subject to hydrolysis) is 1. The molecule has 170 valence electrons. The van der Waals surface area contributed by atoms with Crippen LogP contribution in [0, 0.1) is 5.92 Å². The highest BCUT2D eigenvalue weighted by Crippen LogP contribution is 2.44. The Hall–Kier alpha value is -3.39. The Labute approximate surface area is 187 Å². The van der Waals surface area contributed by atoms with E-state index in [1.54, 1.807) is 0 Å². The summed E-state index contributed by atoms with van der Waals surface area (Å²) in [5.74, 6) is -1.94. The van der Waals surface area contributed by atoms with Gasteiger partial charge in [0.15, 0.2) is 0 Å². The summed E-state index contributed by atoms with van der Waals surface area (Å²) in [4.78, 5) is 36.2. The fraction of sp³-hybridized carbons (Fsp3) is 0.375. The van der Waals surface area contributed by atoms with E-state index in [0.29, 0.717) is 0 Å². The summed E-state index contributed by atoms with van der Waals surface area (Å²) in [5, 5.41) is 11.5. The minimum absolute atomic E-state index is 0.00856. The fourth-order valence-corrected chi connectivity index (χ4v) is 3.74. The standard InChI is InChI=1S/C24H28N2O6/c1-16(23(28)29)13-26(2)22(27)15-31-12-11-25-24(30)32-14-21-19-9-5-3-7-17(19)18-8-4-6-10-20(18)21/h3-10,16,21H,11-15H2,1-2H3,(H,25,30)(H,28,29). The Morgan fingerprint density at radius 3 is 2.25 bits per heavy atom. The number of aliphatic carboxylic acids is 1. The van der Waals surface area contributed by atoms with Crippen LogP contribution in [0.4, 0.5) is 4.79 Å². The molecular formula is C24H28N2O6. The molecule has 8 heteroatoms. The van der Waals surface area contributed by atoms with E-state index in [1.807, 2.05) is 24.3 Å². The highest BCUT2D eigenvalue weighted by Gasteiger charge is 2.28. The number of benzene rings is 2. The lowest BCUT2D eigenvalue weighted by atomic mass is 9.98. The Balaban J connectivity index is 1.38. The summed E-state index contributed by atoms with van der Waals surface area (Å²) >= 11 is 0. The van der Waals surface area contributed by atoms with Crippen LogP contribution in [0.3, 0.4) is 0 Å². The van der Waals surface area contributed by atoms with Crippen molar-refractivity contribution in [1.29, 1.82) is 0 Å². The first kappa shape index (κ1) is 23.3. The van der Waals surface area contributed by atoms with E-state index in [-0.39, 0.29) is 44.7 Å². The normalized spacial score (nSPS) is 13.1. The predicted molar refractivity (Wildman–Crippen MR) is 118 cm³/mol. The van der Waals surface area contributed by atoms with E-state index >= 15 is 0 Å². The van der Waals surface area contributed by atoms with Gasteiger partial charge in [-0.05, 0) is 22.3 Å². The summed E-state index contributed by atoms with van der Waals surface area (Å²) in [7, 11) is 1.53. The first-order valence-corrected chi connectivity index (χ1v) is 10.5. The first-order chi connectivity index (χ1) is 15.4. The summed E-state index contributed by atoms with van der Waals surface area (Å²) in [5.41, 5.74) is 4.62. The number of carboxylic acid groups (broad SMARTS) is 1. The van der Waals surface area contributed by atoms with Gasteiger partial charge in [0, 0.05) is 26.1 Å². The highest BCUT2D eigenvalue weighted by atomic mass is 16.5. The maximum Gasteiger partial charge on any atom is 0.407 e. The number of hydrogen-bond donors (Lipinski definition) is 2. The zero-order valence-electron chi connectivity index (χ0n) is 18.2. The van der Waals surface area contributed by atoms with Crippen molar-refractivity contribution in [2.24, 2.45) is 5.92 Å². The topological polar surface area (TPSA) is 105 Å². The molecule has 0 aromatic heterocycles. The number of carbonyl (C=O) groups is 3. The summed E-state index contributed by atoms with van der Waals surface area (Å²) in [6, 6.07) is 16.2. The monoisotopic (exact) mass is 440 g/mol. The summed E-state index contributed by atoms with van der Waals surface area (Å²) in [6.07, 6.45) is -0.547. The Morgan fingerprint density at radius 1 is 1.06 bits per heavy atom. The molecule has 0 heterocycles. The van der Waals surface area contributed by atoms with E-state index in [2.05, 4.69) is 29.6 Å². The van der Waals surface area contributed by atoms with Crippen molar-refractivity contribution in [3.8, 4) is 11.1 Å². The Morgan fingerprint density at radius 2 is 1.66 bits per heavy atom. The van der Waals surface area contributed by atoms with Gasteiger partial charge in [-0.3, -0.25) is 9.59 Å². The number of likely N-dealkylation sites (N-methyl/N-ethyl adjacent to an activating group) is 1. The maximum atomic E-state index is 12.1. The third-order valence-corrected chi connectivity index (χ3v) is 5.48. The lowest BCUT2D eigenvalue weighted by Gasteiger charge is -2.19. The van der Waals surface area contributed by atoms with Gasteiger partial charge in [-0.15, -0.1) is 0 Å². The lowest BCUT2D eigenvalue weighted by Crippen LogP contribution is -2.36. The van der Waals surface area contributed by atoms with Gasteiger partial charge < -0.3 is 24.8 Å². The molecule has 32 heavy (non-hydrogen) atoms. The van der Waals surface area contributed by atoms with Crippen LogP contribution in [0.25, 0.3) is 11.1 Å². The van der Waals surface area contributed by atoms with Gasteiger partial charge in [0.2, 0.25) is 5.91 Å². The second-order valence-electron chi connectivity index (χ2n) is 7.82. The molecule has 8 nitrogen and oxygen atoms in total. The van der Waals surface area contributed by atoms with Crippen molar-refractivity contribution < 1.29 is 29.0 Å². The molecule has 1 aliphatic carbocycles. The van der Waals surface area contributed by atoms with Crippen molar-refractivity contribution in [1.82, 2.24) is 10.2 Å². The van der Waals surface area contributed by atoms with Crippen LogP contribution in [0.15, 0.2) is 48.5 Å². The van der Waals surface area contributed by atoms with Gasteiger partial charge in [0.05, 0.1) is 12.5 Å². The fourth-order valence-electron chi connectivity index (χ4n) is 3.74. The number of ether oxygens (including phenoxy) is 2. The maximum absolute atomic E-state index is 12.1. The number of carboxylic acids is 1. The van der Waals surface area contributed by atoms with Gasteiger partial charge in [-0.25, -0.2) is 4.79 Å². The van der Waals surface area contributed by atoms with Crippen LogP contribution in [-0.4, -0.2) is 67.9 Å². The average Bonchev–Trinajstić information content (AvgIpc) is 3.11. The van der Waals surface area contributed by atoms with Gasteiger partial charge in [0.1, 0.15) is 13.2 Å². The van der Waals surface area contributed by atoms with Crippen LogP contribution < -0.4 is 5.32 Å². The van der Waals surface area contributed by atoms with Crippen LogP contribution in [0.5, 0.6) is 0 Å². The summed E-state index contributed by atoms with van der Waals surface area (Å²) in [6.45, 7) is 2.01. The molecule has 1 atom stereocenters. The second kappa shape index (κ2) is 10.8. The first-order valence-electron chi connectivity index (χ1n) is 10.5. The number of rotatable bonds is 10. The minimum atomic E-state index is -0.960. The van der Waals surface area contributed by atoms with Crippen molar-refractivity contribution >= 4 is 18.0 Å². The van der Waals surface area contributed by atoms with Gasteiger partial charge >= 0.3 is 12.1 Å². The minimum Gasteiger partial charge on any atom is -0.481 e. The van der Waals surface area contributed by atoms with Gasteiger partial charge in [-0.2, -0.15) is 0 Å². The molecule has 1 aliphatic rings. The number of hydrogen-bond acceptors (Lipinski definition) is 5. The SMILES string of the molecule is CC(CN(C)C(=O)COCCNC(=O)OCC1c2ccccc2-c2ccccc21)C(=O)O. The average molecular weight is 440 g/mol. The van der Waals surface area contributed by atoms with Crippen LogP contribution >= 0.6 is 0 Å². The van der Waals surface area contributed by atoms with Crippen LogP contribution in [0.2, 0.25) is 0 Å². The van der Waals surface area contributed by atoms with Crippen LogP contribution in [0.1, 0.15) is 24.0 Å². The smallest absolute Gasteiger partial charge is 0.407 e. The third kappa shape index (κ3) is 5.64. The van der Waals surface area contributed by atoms with E-state index in [0.717, 1.165) is 22.3 Å². The molecule has 0 saturated carbocycles. The van der Waals surface area contributed by atoms with Crippen molar-refractivity contribution in [2.45, 2.75) is 12.8 Å². The zero-order chi connectivity index (χ0) is 23.1. The predicted octanol–water partition coefficient (Wildman–Crippen LogP) is 2.72. The molecule has 0 bridgehead atoms. The molecule has 0 aliphatic heterocycles. The quantitative estimate of drug-likeness (QED) is 0.551. The molecule has 2 amide bonds. The number of amides is 2. The molecule has 0 saturated heterocycles. The number of nitrogens with zero attached hydrogens (tertiary/aromatic N) is 1. The lowest BCUT2D eigenvalue weighted by molar-refractivity contribution is -0.143. The van der Waals surface area contributed by atoms with Crippen LogP contribution in [-0.2, 0) is 19.1 Å². The Kier molecular flexibility index (Phi) is 7.83. The second-order valence-corrected chi connectivity index (χ2v) is 7.82. The molecule has 2 N–H and O–H groups in total. The zero-order valence-corrected chi connectivity index (χ0v) is 18.2. The van der Waals surface area contributed by atoms with Crippen molar-refractivity contribution in [3.63, 3.8) is 0 Å². The molecular weight excluding hydrogens is 412 g/mol. The number of carbonyl (C=O) groups excluding carboxylic acids is 2. The molecule has 0 radical (unpaired) electrons. The van der Waals surface area contributed by atoms with Gasteiger partial charge in [-0.1, -0.05) is 55.5 Å². The largest absolute Gasteiger partial charge is 0.481 e. The van der Waals surface area contributed by atoms with E-state index < -0.39 is 18.0 Å². The molecule has 2 aromatic rings. The van der Waals surface area contributed by atoms with Crippen molar-refractivity contribution in [3.05, 3.63) is 59.7 Å². The Bertz CT molecular complexity index is 931. The molecule has 3 rings (SSSR count). The number of fused-ring (bicyclic) bond motifs is 3. The number of nitrogens with one attached hydrogen (secondary N) is 1. The van der Waals surface area contributed by atoms with Crippen molar-refractivity contribution in [2.75, 3.05) is 40.0 Å². The van der Waals surface area contributed by atoms with Gasteiger partial charge in [0.25, 0.3) is 0 Å². The molecule has 2 aromatic carbocycles. The van der Waals surface area contributed by atoms with E-state index in [9.17, 15) is 14.4 Å². The van der Waals surface area contributed by atoms with E-state index in [1.165, 1.54) is 18.9 Å². The molecule has 0 spiro atoms.